The van der Waals surface area contributed by atoms with E-state index in [1.54, 1.807) is 0 Å². The summed E-state index contributed by atoms with van der Waals surface area (Å²) in [7, 11) is 0. The van der Waals surface area contributed by atoms with Gasteiger partial charge in [-0.25, -0.2) is 0 Å². The Kier molecular flexibility index (Phi) is 3.13. The Morgan fingerprint density at radius 3 is 3.18 bits per heavy atom. The van der Waals surface area contributed by atoms with E-state index in [2.05, 4.69) is 11.2 Å². The van der Waals surface area contributed by atoms with E-state index < -0.39 is 0 Å². The first-order chi connectivity index (χ1) is 5.34. The van der Waals surface area contributed by atoms with Crippen molar-refractivity contribution in [3.63, 3.8) is 0 Å². The van der Waals surface area contributed by atoms with Crippen LogP contribution in [0.25, 0.3) is 0 Å². The number of rotatable bonds is 2. The molecule has 0 aromatic rings. The van der Waals surface area contributed by atoms with Crippen molar-refractivity contribution in [1.82, 2.24) is 5.32 Å². The second-order valence-corrected chi connectivity index (χ2v) is 2.86. The van der Waals surface area contributed by atoms with Crippen LogP contribution in [-0.2, 0) is 4.79 Å². The van der Waals surface area contributed by atoms with Gasteiger partial charge in [0, 0.05) is 31.8 Å². The third kappa shape index (κ3) is 2.36. The quantitative estimate of drug-likeness (QED) is 0.585. The van der Waals surface area contributed by atoms with Crippen molar-refractivity contribution in [2.45, 2.75) is 19.3 Å². The van der Waals surface area contributed by atoms with Crippen LogP contribution in [0.1, 0.15) is 19.3 Å². The molecule has 1 aliphatic rings. The van der Waals surface area contributed by atoms with E-state index in [4.69, 9.17) is 6.42 Å². The zero-order chi connectivity index (χ0) is 8.10. The predicted molar refractivity (Wildman–Crippen MR) is 44.1 cm³/mol. The van der Waals surface area contributed by atoms with Crippen LogP contribution in [0.5, 0.6) is 0 Å². The van der Waals surface area contributed by atoms with Crippen LogP contribution in [-0.4, -0.2) is 18.9 Å². The number of ketones is 1. The van der Waals surface area contributed by atoms with Gasteiger partial charge in [0.05, 0.1) is 0 Å². The number of hydrogen-bond acceptors (Lipinski definition) is 2. The molecular weight excluding hydrogens is 138 g/mol. The lowest BCUT2D eigenvalue weighted by atomic mass is 9.93. The largest absolute Gasteiger partial charge is 0.316 e. The minimum absolute atomic E-state index is 0.180. The van der Waals surface area contributed by atoms with Gasteiger partial charge in [-0.3, -0.25) is 4.79 Å². The average Bonchev–Trinajstić information content (AvgIpc) is 2.03. The molecule has 0 amide bonds. The van der Waals surface area contributed by atoms with Crippen LogP contribution in [0.15, 0.2) is 0 Å². The number of terminal acetylenes is 1. The second-order valence-electron chi connectivity index (χ2n) is 2.86. The Balaban J connectivity index is 2.31. The minimum atomic E-state index is 0.180. The van der Waals surface area contributed by atoms with Crippen LogP contribution < -0.4 is 5.32 Å². The average molecular weight is 151 g/mol. The van der Waals surface area contributed by atoms with Crippen molar-refractivity contribution < 1.29 is 4.79 Å². The maximum absolute atomic E-state index is 11.2. The van der Waals surface area contributed by atoms with Crippen LogP contribution in [0.4, 0.5) is 0 Å². The van der Waals surface area contributed by atoms with E-state index >= 15 is 0 Å². The number of Topliss-reactive ketones (excluding diaryl/α,β-unsaturated/α-hetero) is 1. The first-order valence-corrected chi connectivity index (χ1v) is 4.01. The van der Waals surface area contributed by atoms with Gasteiger partial charge in [0.15, 0.2) is 0 Å². The van der Waals surface area contributed by atoms with Crippen LogP contribution in [0.3, 0.4) is 0 Å². The fourth-order valence-electron chi connectivity index (χ4n) is 1.33. The van der Waals surface area contributed by atoms with E-state index in [9.17, 15) is 4.79 Å². The molecule has 1 N–H and O–H groups in total. The molecule has 0 spiro atoms. The maximum atomic E-state index is 11.2. The van der Waals surface area contributed by atoms with E-state index in [-0.39, 0.29) is 5.92 Å². The fourth-order valence-corrected chi connectivity index (χ4v) is 1.33. The summed E-state index contributed by atoms with van der Waals surface area (Å²) in [5.41, 5.74) is 0. The summed E-state index contributed by atoms with van der Waals surface area (Å²) in [6.45, 7) is 1.66. The highest BCUT2D eigenvalue weighted by molar-refractivity contribution is 5.82. The number of piperidine rings is 1. The van der Waals surface area contributed by atoms with Crippen LogP contribution >= 0.6 is 0 Å². The van der Waals surface area contributed by atoms with Gasteiger partial charge in [0.25, 0.3) is 0 Å². The molecule has 0 radical (unpaired) electrons. The highest BCUT2D eigenvalue weighted by atomic mass is 16.1. The molecule has 11 heavy (non-hydrogen) atoms. The molecule has 2 heteroatoms. The second kappa shape index (κ2) is 4.15. The SMILES string of the molecule is C#CCCC1CNCCC1=O. The number of carbonyl (C=O) groups is 1. The van der Waals surface area contributed by atoms with Crippen molar-refractivity contribution in [2.75, 3.05) is 13.1 Å². The van der Waals surface area contributed by atoms with Gasteiger partial charge in [0.2, 0.25) is 0 Å². The molecule has 0 aromatic carbocycles. The molecule has 1 rings (SSSR count). The zero-order valence-electron chi connectivity index (χ0n) is 6.60. The highest BCUT2D eigenvalue weighted by Crippen LogP contribution is 2.11. The monoisotopic (exact) mass is 151 g/mol. The van der Waals surface area contributed by atoms with E-state index in [0.29, 0.717) is 12.2 Å². The molecule has 1 atom stereocenters. The van der Waals surface area contributed by atoms with Crippen molar-refractivity contribution >= 4 is 5.78 Å². The first kappa shape index (κ1) is 8.29. The molecule has 1 saturated heterocycles. The molecule has 2 nitrogen and oxygen atoms in total. The standard InChI is InChI=1S/C9H13NO/c1-2-3-4-8-7-10-6-5-9(8)11/h1,8,10H,3-7H2. The fraction of sp³-hybridized carbons (Fsp3) is 0.667. The molecule has 1 fully saturated rings. The van der Waals surface area contributed by atoms with Gasteiger partial charge in [-0.05, 0) is 6.42 Å². The van der Waals surface area contributed by atoms with Crippen molar-refractivity contribution in [2.24, 2.45) is 5.92 Å². The van der Waals surface area contributed by atoms with E-state index in [1.165, 1.54) is 0 Å². The summed E-state index contributed by atoms with van der Waals surface area (Å²) in [5.74, 6) is 3.11. The Bertz CT molecular complexity index is 180. The normalized spacial score (nSPS) is 24.6. The summed E-state index contributed by atoms with van der Waals surface area (Å²) in [6.07, 6.45) is 7.36. The van der Waals surface area contributed by atoms with Gasteiger partial charge in [-0.1, -0.05) is 0 Å². The lowest BCUT2D eigenvalue weighted by Crippen LogP contribution is -2.36. The summed E-state index contributed by atoms with van der Waals surface area (Å²) in [6, 6.07) is 0. The topological polar surface area (TPSA) is 29.1 Å². The minimum Gasteiger partial charge on any atom is -0.316 e. The molecule has 0 bridgehead atoms. The molecule has 60 valence electrons. The third-order valence-electron chi connectivity index (χ3n) is 2.03. The molecule has 0 aliphatic carbocycles. The summed E-state index contributed by atoms with van der Waals surface area (Å²) in [5, 5.41) is 3.18. The highest BCUT2D eigenvalue weighted by Gasteiger charge is 2.20. The summed E-state index contributed by atoms with van der Waals surface area (Å²) < 4.78 is 0. The smallest absolute Gasteiger partial charge is 0.138 e. The molecular formula is C9H13NO. The Labute approximate surface area is 67.4 Å². The lowest BCUT2D eigenvalue weighted by molar-refractivity contribution is -0.124. The summed E-state index contributed by atoms with van der Waals surface area (Å²) >= 11 is 0. The molecule has 0 aromatic heterocycles. The predicted octanol–water partition coefficient (Wildman–Crippen LogP) is 0.578. The summed E-state index contributed by atoms with van der Waals surface area (Å²) in [4.78, 5) is 11.2. The Hall–Kier alpha value is -0.810. The van der Waals surface area contributed by atoms with Gasteiger partial charge >= 0.3 is 0 Å². The maximum Gasteiger partial charge on any atom is 0.138 e. The number of hydrogen-bond donors (Lipinski definition) is 1. The van der Waals surface area contributed by atoms with E-state index in [0.717, 1.165) is 25.9 Å². The third-order valence-corrected chi connectivity index (χ3v) is 2.03. The van der Waals surface area contributed by atoms with Gasteiger partial charge < -0.3 is 5.32 Å². The van der Waals surface area contributed by atoms with Gasteiger partial charge in [0.1, 0.15) is 5.78 Å². The van der Waals surface area contributed by atoms with Crippen LogP contribution in [0, 0.1) is 18.3 Å². The zero-order valence-corrected chi connectivity index (χ0v) is 6.60. The van der Waals surface area contributed by atoms with E-state index in [1.807, 2.05) is 0 Å². The van der Waals surface area contributed by atoms with Gasteiger partial charge in [-0.15, -0.1) is 12.3 Å². The van der Waals surface area contributed by atoms with Crippen molar-refractivity contribution in [3.05, 3.63) is 0 Å². The van der Waals surface area contributed by atoms with Crippen molar-refractivity contribution in [1.29, 1.82) is 0 Å². The Morgan fingerprint density at radius 2 is 2.55 bits per heavy atom. The van der Waals surface area contributed by atoms with Gasteiger partial charge in [-0.2, -0.15) is 0 Å². The van der Waals surface area contributed by atoms with Crippen molar-refractivity contribution in [3.8, 4) is 12.3 Å². The molecule has 1 unspecified atom stereocenters. The van der Waals surface area contributed by atoms with Crippen LogP contribution in [0.2, 0.25) is 0 Å². The molecule has 0 saturated carbocycles. The number of carbonyl (C=O) groups excluding carboxylic acids is 1. The molecule has 1 aliphatic heterocycles. The molecule has 1 heterocycles. The number of nitrogens with one attached hydrogen (secondary N) is 1. The Morgan fingerprint density at radius 1 is 1.73 bits per heavy atom. The lowest BCUT2D eigenvalue weighted by Gasteiger charge is -2.20. The first-order valence-electron chi connectivity index (χ1n) is 4.01.